The van der Waals surface area contributed by atoms with Gasteiger partial charge < -0.3 is 10.5 Å². The van der Waals surface area contributed by atoms with Crippen molar-refractivity contribution in [3.8, 4) is 0 Å². The van der Waals surface area contributed by atoms with Crippen LogP contribution >= 0.6 is 11.8 Å². The molecule has 2 rings (SSSR count). The van der Waals surface area contributed by atoms with Gasteiger partial charge in [0.05, 0.1) is 11.3 Å². The molecule has 0 aliphatic rings. The van der Waals surface area contributed by atoms with Crippen molar-refractivity contribution in [2.75, 3.05) is 5.75 Å². The van der Waals surface area contributed by atoms with Crippen molar-refractivity contribution in [3.63, 3.8) is 0 Å². The summed E-state index contributed by atoms with van der Waals surface area (Å²) in [5.41, 5.74) is 7.16. The van der Waals surface area contributed by atoms with Gasteiger partial charge in [0.2, 0.25) is 0 Å². The number of hydrogen-bond acceptors (Lipinski definition) is 5. The fraction of sp³-hybridized carbons (Fsp3) is 0.375. The summed E-state index contributed by atoms with van der Waals surface area (Å²) in [6.45, 7) is 5.97. The fourth-order valence-electron chi connectivity index (χ4n) is 1.91. The number of hydrogen-bond donors (Lipinski definition) is 1. The van der Waals surface area contributed by atoms with Crippen molar-refractivity contribution >= 4 is 28.6 Å². The number of carbonyl (C=O) groups is 1. The van der Waals surface area contributed by atoms with Gasteiger partial charge in [-0.05, 0) is 38.5 Å². The van der Waals surface area contributed by atoms with Crippen LogP contribution in [0, 0.1) is 0 Å². The van der Waals surface area contributed by atoms with Gasteiger partial charge in [-0.3, -0.25) is 4.79 Å². The minimum absolute atomic E-state index is 0.232. The SMILES string of the molecule is CC(C)(C)OC(=O)CSc1nc2ccccc2cc1CN. The van der Waals surface area contributed by atoms with Gasteiger partial charge in [0.1, 0.15) is 10.6 Å². The third-order valence-electron chi connectivity index (χ3n) is 2.73. The summed E-state index contributed by atoms with van der Waals surface area (Å²) in [6.07, 6.45) is 0. The molecule has 0 fully saturated rings. The number of carbonyl (C=O) groups excluding carboxylic acids is 1. The highest BCUT2D eigenvalue weighted by Crippen LogP contribution is 2.25. The minimum Gasteiger partial charge on any atom is -0.459 e. The molecule has 21 heavy (non-hydrogen) atoms. The molecule has 0 radical (unpaired) electrons. The number of pyridine rings is 1. The Morgan fingerprint density at radius 3 is 2.71 bits per heavy atom. The standard InChI is InChI=1S/C16H20N2O2S/c1-16(2,3)20-14(19)10-21-15-12(9-17)8-11-6-4-5-7-13(11)18-15/h4-8H,9-10,17H2,1-3H3. The lowest BCUT2D eigenvalue weighted by Crippen LogP contribution is -2.25. The first kappa shape index (κ1) is 15.8. The Bertz CT molecular complexity index is 650. The van der Waals surface area contributed by atoms with E-state index < -0.39 is 5.60 Å². The summed E-state index contributed by atoms with van der Waals surface area (Å²) in [7, 11) is 0. The highest BCUT2D eigenvalue weighted by molar-refractivity contribution is 7.99. The molecule has 4 nitrogen and oxygen atoms in total. The number of para-hydroxylation sites is 1. The van der Waals surface area contributed by atoms with Gasteiger partial charge in [0, 0.05) is 11.9 Å². The van der Waals surface area contributed by atoms with Crippen molar-refractivity contribution in [3.05, 3.63) is 35.9 Å². The van der Waals surface area contributed by atoms with E-state index >= 15 is 0 Å². The van der Waals surface area contributed by atoms with Crippen molar-refractivity contribution in [1.82, 2.24) is 4.98 Å². The van der Waals surface area contributed by atoms with E-state index in [-0.39, 0.29) is 11.7 Å². The molecule has 2 aromatic rings. The van der Waals surface area contributed by atoms with E-state index in [0.29, 0.717) is 6.54 Å². The number of nitrogens with zero attached hydrogens (tertiary/aromatic N) is 1. The second-order valence-corrected chi connectivity index (χ2v) is 6.69. The number of benzene rings is 1. The van der Waals surface area contributed by atoms with E-state index in [1.165, 1.54) is 11.8 Å². The van der Waals surface area contributed by atoms with Crippen LogP contribution in [-0.2, 0) is 16.1 Å². The molecule has 0 aliphatic heterocycles. The van der Waals surface area contributed by atoms with Gasteiger partial charge in [-0.1, -0.05) is 30.0 Å². The van der Waals surface area contributed by atoms with Crippen LogP contribution in [0.4, 0.5) is 0 Å². The highest BCUT2D eigenvalue weighted by atomic mass is 32.2. The number of thioether (sulfide) groups is 1. The predicted molar refractivity (Wildman–Crippen MR) is 86.2 cm³/mol. The van der Waals surface area contributed by atoms with E-state index in [9.17, 15) is 4.79 Å². The summed E-state index contributed by atoms with van der Waals surface area (Å²) >= 11 is 1.37. The second-order valence-electron chi connectivity index (χ2n) is 5.72. The van der Waals surface area contributed by atoms with Crippen LogP contribution in [0.25, 0.3) is 10.9 Å². The molecule has 0 saturated heterocycles. The van der Waals surface area contributed by atoms with Crippen LogP contribution in [-0.4, -0.2) is 22.3 Å². The van der Waals surface area contributed by atoms with Crippen LogP contribution in [0.2, 0.25) is 0 Å². The topological polar surface area (TPSA) is 65.2 Å². The third-order valence-corrected chi connectivity index (χ3v) is 3.74. The summed E-state index contributed by atoms with van der Waals surface area (Å²) < 4.78 is 5.30. The molecule has 0 atom stereocenters. The third kappa shape index (κ3) is 4.44. The van der Waals surface area contributed by atoms with E-state index in [1.54, 1.807) is 0 Å². The van der Waals surface area contributed by atoms with Gasteiger partial charge in [-0.2, -0.15) is 0 Å². The maximum atomic E-state index is 11.8. The molecule has 0 unspecified atom stereocenters. The fourth-order valence-corrected chi connectivity index (χ4v) is 2.72. The van der Waals surface area contributed by atoms with Crippen molar-refractivity contribution in [2.45, 2.75) is 37.9 Å². The van der Waals surface area contributed by atoms with Crippen LogP contribution in [0.1, 0.15) is 26.3 Å². The van der Waals surface area contributed by atoms with E-state index in [2.05, 4.69) is 4.98 Å². The lowest BCUT2D eigenvalue weighted by atomic mass is 10.1. The first-order valence-corrected chi connectivity index (χ1v) is 7.81. The Morgan fingerprint density at radius 1 is 1.33 bits per heavy atom. The molecule has 1 heterocycles. The van der Waals surface area contributed by atoms with Gasteiger partial charge in [0.15, 0.2) is 0 Å². The smallest absolute Gasteiger partial charge is 0.316 e. The maximum absolute atomic E-state index is 11.8. The average Bonchev–Trinajstić information content (AvgIpc) is 2.42. The van der Waals surface area contributed by atoms with Crippen LogP contribution in [0.15, 0.2) is 35.4 Å². The number of rotatable bonds is 4. The average molecular weight is 304 g/mol. The number of aromatic nitrogens is 1. The minimum atomic E-state index is -0.467. The molecule has 5 heteroatoms. The Kier molecular flexibility index (Phi) is 4.85. The molecule has 0 saturated carbocycles. The lowest BCUT2D eigenvalue weighted by Gasteiger charge is -2.19. The van der Waals surface area contributed by atoms with Gasteiger partial charge in [-0.15, -0.1) is 0 Å². The second kappa shape index (κ2) is 6.45. The zero-order valence-electron chi connectivity index (χ0n) is 12.6. The van der Waals surface area contributed by atoms with E-state index in [4.69, 9.17) is 10.5 Å². The molecule has 0 bridgehead atoms. The normalized spacial score (nSPS) is 11.6. The zero-order chi connectivity index (χ0) is 15.5. The summed E-state index contributed by atoms with van der Waals surface area (Å²) in [4.78, 5) is 16.4. The summed E-state index contributed by atoms with van der Waals surface area (Å²) in [5.74, 6) is -0.0132. The molecule has 2 N–H and O–H groups in total. The van der Waals surface area contributed by atoms with Crippen molar-refractivity contribution in [1.29, 1.82) is 0 Å². The first-order chi connectivity index (χ1) is 9.89. The molecule has 0 spiro atoms. The number of nitrogens with two attached hydrogens (primary N) is 1. The van der Waals surface area contributed by atoms with Crippen molar-refractivity contribution < 1.29 is 9.53 Å². The summed E-state index contributed by atoms with van der Waals surface area (Å²) in [5, 5.41) is 1.85. The van der Waals surface area contributed by atoms with Gasteiger partial charge >= 0.3 is 5.97 Å². The summed E-state index contributed by atoms with van der Waals surface area (Å²) in [6, 6.07) is 9.90. The van der Waals surface area contributed by atoms with E-state index in [0.717, 1.165) is 21.5 Å². The molecule has 1 aromatic carbocycles. The van der Waals surface area contributed by atoms with Crippen molar-refractivity contribution in [2.24, 2.45) is 5.73 Å². The van der Waals surface area contributed by atoms with Gasteiger partial charge in [0.25, 0.3) is 0 Å². The van der Waals surface area contributed by atoms with E-state index in [1.807, 2.05) is 51.1 Å². The van der Waals surface area contributed by atoms with Gasteiger partial charge in [-0.25, -0.2) is 4.98 Å². The Labute approximate surface area is 129 Å². The zero-order valence-corrected chi connectivity index (χ0v) is 13.4. The number of esters is 1. The lowest BCUT2D eigenvalue weighted by molar-refractivity contribution is -0.151. The quantitative estimate of drug-likeness (QED) is 0.694. The Balaban J connectivity index is 2.15. The highest BCUT2D eigenvalue weighted by Gasteiger charge is 2.17. The monoisotopic (exact) mass is 304 g/mol. The predicted octanol–water partition coefficient (Wildman–Crippen LogP) is 3.13. The first-order valence-electron chi connectivity index (χ1n) is 6.82. The van der Waals surface area contributed by atoms with Crippen LogP contribution in [0.3, 0.4) is 0 Å². The molecular weight excluding hydrogens is 284 g/mol. The maximum Gasteiger partial charge on any atom is 0.316 e. The molecule has 112 valence electrons. The molecule has 1 aromatic heterocycles. The number of ether oxygens (including phenoxy) is 1. The number of fused-ring (bicyclic) bond motifs is 1. The Hall–Kier alpha value is -1.59. The Morgan fingerprint density at radius 2 is 2.05 bits per heavy atom. The molecule has 0 amide bonds. The van der Waals surface area contributed by atoms with Crippen LogP contribution in [0.5, 0.6) is 0 Å². The largest absolute Gasteiger partial charge is 0.459 e. The van der Waals surface area contributed by atoms with Crippen LogP contribution < -0.4 is 5.73 Å². The molecular formula is C16H20N2O2S. The molecule has 0 aliphatic carbocycles.